The molecule has 0 atom stereocenters. The molecule has 0 unspecified atom stereocenters. The Hall–Kier alpha value is -3.44. The Morgan fingerprint density at radius 3 is 2.66 bits per heavy atom. The molecule has 0 aliphatic heterocycles. The molecule has 0 aliphatic rings. The molecule has 0 spiro atoms. The van der Waals surface area contributed by atoms with Crippen molar-refractivity contribution in [3.8, 4) is 11.5 Å². The van der Waals surface area contributed by atoms with E-state index in [2.05, 4.69) is 27.4 Å². The lowest BCUT2D eigenvalue weighted by Gasteiger charge is -2.12. The molecule has 0 fully saturated rings. The maximum absolute atomic E-state index is 12.9. The predicted octanol–water partition coefficient (Wildman–Crippen LogP) is 4.23. The molecule has 2 N–H and O–H groups in total. The SMILES string of the molecule is C=CCSc1nnc(NC(=O)c2ccc(OCC(=O)Nc3ccc(F)cc3)c(OC)c2)s1. The smallest absolute Gasteiger partial charge is 0.262 e. The molecule has 0 aliphatic carbocycles. The molecular formula is C21H19FN4O4S2. The molecule has 0 bridgehead atoms. The highest BCUT2D eigenvalue weighted by atomic mass is 32.2. The van der Waals surface area contributed by atoms with Crippen molar-refractivity contribution in [2.24, 2.45) is 0 Å². The molecule has 8 nitrogen and oxygen atoms in total. The van der Waals surface area contributed by atoms with Gasteiger partial charge in [0.15, 0.2) is 22.4 Å². The standard InChI is InChI=1S/C21H19FN4O4S2/c1-3-10-31-21-26-25-20(32-21)24-19(28)13-4-9-16(17(11-13)29-2)30-12-18(27)23-15-7-5-14(22)6-8-15/h3-9,11H,1,10,12H2,2H3,(H,23,27)(H,24,25,28). The van der Waals surface area contributed by atoms with E-state index in [4.69, 9.17) is 9.47 Å². The molecule has 0 saturated carbocycles. The molecule has 2 aromatic carbocycles. The number of methoxy groups -OCH3 is 1. The first-order chi connectivity index (χ1) is 15.5. The van der Waals surface area contributed by atoms with Gasteiger partial charge in [0.2, 0.25) is 5.13 Å². The highest BCUT2D eigenvalue weighted by Crippen LogP contribution is 2.29. The summed E-state index contributed by atoms with van der Waals surface area (Å²) in [5.74, 6) is 0.0564. The number of carbonyl (C=O) groups is 2. The van der Waals surface area contributed by atoms with E-state index in [1.165, 1.54) is 66.6 Å². The minimum atomic E-state index is -0.429. The molecule has 3 aromatic rings. The number of nitrogens with one attached hydrogen (secondary N) is 2. The Labute approximate surface area is 191 Å². The second-order valence-electron chi connectivity index (χ2n) is 6.14. The Kier molecular flexibility index (Phi) is 8.17. The van der Waals surface area contributed by atoms with Crippen LogP contribution >= 0.6 is 23.1 Å². The van der Waals surface area contributed by atoms with Crippen molar-refractivity contribution in [2.45, 2.75) is 4.34 Å². The fraction of sp³-hybridized carbons (Fsp3) is 0.143. The van der Waals surface area contributed by atoms with E-state index in [0.717, 1.165) is 4.34 Å². The number of ether oxygens (including phenoxy) is 2. The highest BCUT2D eigenvalue weighted by Gasteiger charge is 2.15. The molecule has 0 saturated heterocycles. The number of hydrogen-bond donors (Lipinski definition) is 2. The number of thioether (sulfide) groups is 1. The number of aromatic nitrogens is 2. The van der Waals surface area contributed by atoms with Crippen molar-refractivity contribution >= 4 is 45.7 Å². The van der Waals surface area contributed by atoms with Gasteiger partial charge in [0.1, 0.15) is 5.82 Å². The Bertz CT molecular complexity index is 1110. The zero-order chi connectivity index (χ0) is 22.9. The number of amides is 2. The van der Waals surface area contributed by atoms with Gasteiger partial charge in [-0.25, -0.2) is 4.39 Å². The van der Waals surface area contributed by atoms with Gasteiger partial charge in [-0.05, 0) is 42.5 Å². The van der Waals surface area contributed by atoms with Gasteiger partial charge in [-0.3, -0.25) is 14.9 Å². The van der Waals surface area contributed by atoms with E-state index < -0.39 is 11.7 Å². The van der Waals surface area contributed by atoms with Gasteiger partial charge >= 0.3 is 0 Å². The fourth-order valence-electron chi connectivity index (χ4n) is 2.42. The van der Waals surface area contributed by atoms with Crippen molar-refractivity contribution in [1.29, 1.82) is 0 Å². The third kappa shape index (κ3) is 6.53. The number of nitrogens with zero attached hydrogens (tertiary/aromatic N) is 2. The summed E-state index contributed by atoms with van der Waals surface area (Å²) in [5.41, 5.74) is 0.766. The van der Waals surface area contributed by atoms with Crippen LogP contribution in [-0.2, 0) is 4.79 Å². The molecular weight excluding hydrogens is 455 g/mol. The van der Waals surface area contributed by atoms with Gasteiger partial charge in [0.05, 0.1) is 7.11 Å². The number of benzene rings is 2. The van der Waals surface area contributed by atoms with E-state index in [1.54, 1.807) is 12.1 Å². The van der Waals surface area contributed by atoms with Crippen LogP contribution in [0.5, 0.6) is 11.5 Å². The zero-order valence-corrected chi connectivity index (χ0v) is 18.6. The Morgan fingerprint density at radius 2 is 1.94 bits per heavy atom. The van der Waals surface area contributed by atoms with Crippen molar-refractivity contribution in [1.82, 2.24) is 10.2 Å². The van der Waals surface area contributed by atoms with Crippen molar-refractivity contribution in [3.05, 3.63) is 66.5 Å². The average molecular weight is 475 g/mol. The second-order valence-corrected chi connectivity index (χ2v) is 8.38. The van der Waals surface area contributed by atoms with Gasteiger partial charge in [0.25, 0.3) is 11.8 Å². The minimum Gasteiger partial charge on any atom is -0.493 e. The third-order valence-corrected chi connectivity index (χ3v) is 5.83. The summed E-state index contributed by atoms with van der Waals surface area (Å²) in [5, 5.41) is 13.6. The molecule has 2 amide bonds. The first kappa shape index (κ1) is 23.2. The maximum Gasteiger partial charge on any atom is 0.262 e. The Balaban J connectivity index is 1.59. The molecule has 0 radical (unpaired) electrons. The van der Waals surface area contributed by atoms with Crippen molar-refractivity contribution in [3.63, 3.8) is 0 Å². The average Bonchev–Trinajstić information content (AvgIpc) is 3.24. The topological polar surface area (TPSA) is 102 Å². The van der Waals surface area contributed by atoms with Crippen LogP contribution in [0.25, 0.3) is 0 Å². The van der Waals surface area contributed by atoms with Crippen LogP contribution in [0.15, 0.2) is 59.5 Å². The van der Waals surface area contributed by atoms with Gasteiger partial charge < -0.3 is 14.8 Å². The summed E-state index contributed by atoms with van der Waals surface area (Å²) in [7, 11) is 1.43. The predicted molar refractivity (Wildman–Crippen MR) is 122 cm³/mol. The van der Waals surface area contributed by atoms with Gasteiger partial charge in [-0.1, -0.05) is 29.2 Å². The molecule has 3 rings (SSSR count). The first-order valence-electron chi connectivity index (χ1n) is 9.23. The van der Waals surface area contributed by atoms with Gasteiger partial charge in [-0.2, -0.15) is 0 Å². The number of halogens is 1. The largest absolute Gasteiger partial charge is 0.493 e. The first-order valence-corrected chi connectivity index (χ1v) is 11.0. The third-order valence-electron chi connectivity index (χ3n) is 3.86. The lowest BCUT2D eigenvalue weighted by atomic mass is 10.2. The number of carbonyl (C=O) groups excluding carboxylic acids is 2. The Morgan fingerprint density at radius 1 is 1.16 bits per heavy atom. The normalized spacial score (nSPS) is 10.3. The molecule has 11 heteroatoms. The quantitative estimate of drug-likeness (QED) is 0.257. The lowest BCUT2D eigenvalue weighted by molar-refractivity contribution is -0.118. The van der Waals surface area contributed by atoms with Crippen LogP contribution in [0, 0.1) is 5.82 Å². The van der Waals surface area contributed by atoms with Gasteiger partial charge in [0, 0.05) is 17.0 Å². The van der Waals surface area contributed by atoms with E-state index in [-0.39, 0.29) is 24.0 Å². The van der Waals surface area contributed by atoms with Crippen LogP contribution in [0.2, 0.25) is 0 Å². The van der Waals surface area contributed by atoms with Crippen LogP contribution in [0.1, 0.15) is 10.4 Å². The summed E-state index contributed by atoms with van der Waals surface area (Å²) in [4.78, 5) is 24.6. The van der Waals surface area contributed by atoms with E-state index in [1.807, 2.05) is 0 Å². The molecule has 166 valence electrons. The summed E-state index contributed by atoms with van der Waals surface area (Å²) in [6, 6.07) is 9.94. The highest BCUT2D eigenvalue weighted by molar-refractivity contribution is 8.01. The number of rotatable bonds is 10. The summed E-state index contributed by atoms with van der Waals surface area (Å²) < 4.78 is 24.5. The maximum atomic E-state index is 12.9. The minimum absolute atomic E-state index is 0.284. The van der Waals surface area contributed by atoms with E-state index in [0.29, 0.717) is 22.1 Å². The van der Waals surface area contributed by atoms with Crippen LogP contribution < -0.4 is 20.1 Å². The number of anilines is 2. The van der Waals surface area contributed by atoms with E-state index >= 15 is 0 Å². The molecule has 1 aromatic heterocycles. The fourth-order valence-corrected chi connectivity index (χ4v) is 3.93. The summed E-state index contributed by atoms with van der Waals surface area (Å²) in [6.07, 6.45) is 1.76. The van der Waals surface area contributed by atoms with Crippen LogP contribution in [-0.4, -0.2) is 41.5 Å². The molecule has 1 heterocycles. The monoisotopic (exact) mass is 474 g/mol. The zero-order valence-electron chi connectivity index (χ0n) is 17.0. The van der Waals surface area contributed by atoms with Crippen LogP contribution in [0.4, 0.5) is 15.2 Å². The van der Waals surface area contributed by atoms with Crippen LogP contribution in [0.3, 0.4) is 0 Å². The van der Waals surface area contributed by atoms with Crippen molar-refractivity contribution < 1.29 is 23.5 Å². The lowest BCUT2D eigenvalue weighted by Crippen LogP contribution is -2.20. The summed E-state index contributed by atoms with van der Waals surface area (Å²) >= 11 is 2.73. The molecule has 32 heavy (non-hydrogen) atoms. The van der Waals surface area contributed by atoms with Gasteiger partial charge in [-0.15, -0.1) is 16.8 Å². The van der Waals surface area contributed by atoms with E-state index in [9.17, 15) is 14.0 Å². The number of hydrogen-bond acceptors (Lipinski definition) is 8. The van der Waals surface area contributed by atoms with Crippen molar-refractivity contribution in [2.75, 3.05) is 30.1 Å². The summed E-state index contributed by atoms with van der Waals surface area (Å²) in [6.45, 7) is 3.35. The second kappa shape index (κ2) is 11.3.